The number of carbonyl (C=O) groups excluding carboxylic acids is 1. The lowest BCUT2D eigenvalue weighted by Crippen LogP contribution is -2.25. The number of amides is 1. The Bertz CT molecular complexity index is 705. The second-order valence-corrected chi connectivity index (χ2v) is 6.30. The summed E-state index contributed by atoms with van der Waals surface area (Å²) in [6, 6.07) is 13.4. The minimum Gasteiger partial charge on any atom is -0.352 e. The van der Waals surface area contributed by atoms with E-state index in [0.717, 1.165) is 17.1 Å². The highest BCUT2D eigenvalue weighted by molar-refractivity contribution is 7.20. The third kappa shape index (κ3) is 3.56. The lowest BCUT2D eigenvalue weighted by molar-refractivity contribution is 0.0954. The highest BCUT2D eigenvalue weighted by Crippen LogP contribution is 2.27. The van der Waals surface area contributed by atoms with Gasteiger partial charge in [-0.2, -0.15) is 0 Å². The number of rotatable bonds is 5. The molecule has 5 heteroatoms. The first-order chi connectivity index (χ1) is 10.3. The third-order valence-electron chi connectivity index (χ3n) is 2.99. The largest absolute Gasteiger partial charge is 0.352 e. The van der Waals surface area contributed by atoms with Crippen molar-refractivity contribution in [2.45, 2.75) is 6.42 Å². The van der Waals surface area contributed by atoms with Gasteiger partial charge in [-0.05, 0) is 23.6 Å². The normalized spacial score (nSPS) is 10.5. The first kappa shape index (κ1) is 14.0. The van der Waals surface area contributed by atoms with Gasteiger partial charge in [0.25, 0.3) is 5.91 Å². The summed E-state index contributed by atoms with van der Waals surface area (Å²) in [5.74, 6) is -0.0377. The minimum atomic E-state index is -0.0377. The summed E-state index contributed by atoms with van der Waals surface area (Å²) < 4.78 is 0. The first-order valence-corrected chi connectivity index (χ1v) is 8.40. The van der Waals surface area contributed by atoms with Crippen LogP contribution in [-0.4, -0.2) is 17.4 Å². The summed E-state index contributed by atoms with van der Waals surface area (Å²) >= 11 is 3.34. The van der Waals surface area contributed by atoms with E-state index >= 15 is 0 Å². The molecule has 1 amide bonds. The van der Waals surface area contributed by atoms with Crippen LogP contribution in [0, 0.1) is 0 Å². The van der Waals surface area contributed by atoms with E-state index in [1.54, 1.807) is 22.7 Å². The van der Waals surface area contributed by atoms with E-state index in [1.165, 1.54) is 4.88 Å². The van der Waals surface area contributed by atoms with Crippen molar-refractivity contribution in [1.29, 1.82) is 0 Å². The number of benzene rings is 1. The standard InChI is InChI=1S/C16H14N2OS2/c19-15(12-5-2-1-3-6-12)17-9-8-13-11-21-16(18-13)14-7-4-10-20-14/h1-7,10-11H,8-9H2,(H,17,19). The predicted molar refractivity (Wildman–Crippen MR) is 87.9 cm³/mol. The Labute approximate surface area is 131 Å². The van der Waals surface area contributed by atoms with Crippen molar-refractivity contribution in [3.63, 3.8) is 0 Å². The fraction of sp³-hybridized carbons (Fsp3) is 0.125. The van der Waals surface area contributed by atoms with E-state index in [2.05, 4.69) is 27.1 Å². The van der Waals surface area contributed by atoms with Crippen LogP contribution in [-0.2, 0) is 6.42 Å². The molecule has 3 nitrogen and oxygen atoms in total. The topological polar surface area (TPSA) is 42.0 Å². The lowest BCUT2D eigenvalue weighted by atomic mass is 10.2. The van der Waals surface area contributed by atoms with Crippen LogP contribution >= 0.6 is 22.7 Å². The molecule has 2 heterocycles. The van der Waals surface area contributed by atoms with E-state index in [9.17, 15) is 4.79 Å². The summed E-state index contributed by atoms with van der Waals surface area (Å²) in [7, 11) is 0. The zero-order chi connectivity index (χ0) is 14.5. The van der Waals surface area contributed by atoms with Crippen molar-refractivity contribution >= 4 is 28.6 Å². The Hall–Kier alpha value is -1.98. The van der Waals surface area contributed by atoms with Crippen LogP contribution in [0.5, 0.6) is 0 Å². The highest BCUT2D eigenvalue weighted by atomic mass is 32.1. The van der Waals surface area contributed by atoms with Gasteiger partial charge >= 0.3 is 0 Å². The van der Waals surface area contributed by atoms with Gasteiger partial charge in [-0.25, -0.2) is 4.98 Å². The van der Waals surface area contributed by atoms with Crippen LogP contribution in [0.4, 0.5) is 0 Å². The molecular formula is C16H14N2OS2. The average Bonchev–Trinajstić information content (AvgIpc) is 3.19. The summed E-state index contributed by atoms with van der Waals surface area (Å²) in [5.41, 5.74) is 1.71. The fourth-order valence-electron chi connectivity index (χ4n) is 1.93. The lowest BCUT2D eigenvalue weighted by Gasteiger charge is -2.03. The van der Waals surface area contributed by atoms with Gasteiger partial charge in [-0.1, -0.05) is 24.3 Å². The molecule has 0 atom stereocenters. The smallest absolute Gasteiger partial charge is 0.251 e. The van der Waals surface area contributed by atoms with Gasteiger partial charge < -0.3 is 5.32 Å². The van der Waals surface area contributed by atoms with Gasteiger partial charge in [0, 0.05) is 23.9 Å². The maximum atomic E-state index is 11.9. The molecule has 0 saturated heterocycles. The zero-order valence-corrected chi connectivity index (χ0v) is 12.9. The SMILES string of the molecule is O=C(NCCc1csc(-c2cccs2)n1)c1ccccc1. The van der Waals surface area contributed by atoms with Crippen LogP contribution < -0.4 is 5.32 Å². The molecule has 0 spiro atoms. The van der Waals surface area contributed by atoms with Gasteiger partial charge in [0.05, 0.1) is 10.6 Å². The quantitative estimate of drug-likeness (QED) is 0.777. The first-order valence-electron chi connectivity index (χ1n) is 6.64. The summed E-state index contributed by atoms with van der Waals surface area (Å²) in [6.45, 7) is 0.599. The van der Waals surface area contributed by atoms with E-state index in [1.807, 2.05) is 36.4 Å². The molecule has 2 aromatic heterocycles. The monoisotopic (exact) mass is 314 g/mol. The molecule has 3 rings (SSSR count). The van der Waals surface area contributed by atoms with Crippen molar-refractivity contribution in [2.75, 3.05) is 6.54 Å². The number of hydrogen-bond acceptors (Lipinski definition) is 4. The number of nitrogens with one attached hydrogen (secondary N) is 1. The van der Waals surface area contributed by atoms with Gasteiger partial charge in [0.15, 0.2) is 0 Å². The number of aromatic nitrogens is 1. The number of thiazole rings is 1. The fourth-order valence-corrected chi connectivity index (χ4v) is 3.60. The van der Waals surface area contributed by atoms with Gasteiger partial charge in [-0.3, -0.25) is 4.79 Å². The molecule has 0 fully saturated rings. The molecule has 1 aromatic carbocycles. The van der Waals surface area contributed by atoms with E-state index < -0.39 is 0 Å². The molecular weight excluding hydrogens is 300 g/mol. The molecule has 0 bridgehead atoms. The number of carbonyl (C=O) groups is 1. The van der Waals surface area contributed by atoms with Crippen LogP contribution in [0.1, 0.15) is 16.1 Å². The Morgan fingerprint density at radius 2 is 1.95 bits per heavy atom. The molecule has 0 radical (unpaired) electrons. The molecule has 0 aliphatic heterocycles. The Kier molecular flexibility index (Phi) is 4.43. The second kappa shape index (κ2) is 6.65. The van der Waals surface area contributed by atoms with Crippen molar-refractivity contribution < 1.29 is 4.79 Å². The Morgan fingerprint density at radius 1 is 1.10 bits per heavy atom. The van der Waals surface area contributed by atoms with Gasteiger partial charge in [-0.15, -0.1) is 22.7 Å². The van der Waals surface area contributed by atoms with Gasteiger partial charge in [0.2, 0.25) is 0 Å². The maximum Gasteiger partial charge on any atom is 0.251 e. The Morgan fingerprint density at radius 3 is 2.71 bits per heavy atom. The van der Waals surface area contributed by atoms with Gasteiger partial charge in [0.1, 0.15) is 5.01 Å². The van der Waals surface area contributed by atoms with E-state index in [-0.39, 0.29) is 5.91 Å². The predicted octanol–water partition coefficient (Wildman–Crippen LogP) is 3.84. The molecule has 3 aromatic rings. The minimum absolute atomic E-state index is 0.0377. The number of thiophene rings is 1. The summed E-state index contributed by atoms with van der Waals surface area (Å²) in [6.07, 6.45) is 0.750. The van der Waals surface area contributed by atoms with E-state index in [0.29, 0.717) is 12.1 Å². The van der Waals surface area contributed by atoms with Crippen molar-refractivity contribution in [2.24, 2.45) is 0 Å². The molecule has 0 aliphatic rings. The second-order valence-electron chi connectivity index (χ2n) is 4.49. The van der Waals surface area contributed by atoms with Crippen LogP contribution in [0.3, 0.4) is 0 Å². The van der Waals surface area contributed by atoms with Crippen LogP contribution in [0.2, 0.25) is 0 Å². The molecule has 0 unspecified atom stereocenters. The molecule has 21 heavy (non-hydrogen) atoms. The molecule has 106 valence electrons. The van der Waals surface area contributed by atoms with Crippen LogP contribution in [0.15, 0.2) is 53.2 Å². The van der Waals surface area contributed by atoms with Crippen LogP contribution in [0.25, 0.3) is 9.88 Å². The molecule has 1 N–H and O–H groups in total. The summed E-state index contributed by atoms with van der Waals surface area (Å²) in [4.78, 5) is 17.7. The number of nitrogens with zero attached hydrogens (tertiary/aromatic N) is 1. The summed E-state index contributed by atoms with van der Waals surface area (Å²) in [5, 5.41) is 8.08. The highest BCUT2D eigenvalue weighted by Gasteiger charge is 2.07. The van der Waals surface area contributed by atoms with E-state index in [4.69, 9.17) is 0 Å². The van der Waals surface area contributed by atoms with Crippen molar-refractivity contribution in [3.8, 4) is 9.88 Å². The maximum absolute atomic E-state index is 11.9. The zero-order valence-electron chi connectivity index (χ0n) is 11.3. The van der Waals surface area contributed by atoms with Crippen molar-refractivity contribution in [3.05, 3.63) is 64.5 Å². The molecule has 0 aliphatic carbocycles. The number of hydrogen-bond donors (Lipinski definition) is 1. The average molecular weight is 314 g/mol. The molecule has 0 saturated carbocycles. The Balaban J connectivity index is 1.53. The third-order valence-corrected chi connectivity index (χ3v) is 4.92. The van der Waals surface area contributed by atoms with Crippen molar-refractivity contribution in [1.82, 2.24) is 10.3 Å².